The fraction of sp³-hybridized carbons (Fsp3) is 0.409. The molecule has 0 amide bonds. The number of benzene rings is 2. The molecule has 26 heavy (non-hydrogen) atoms. The van der Waals surface area contributed by atoms with E-state index < -0.39 is 0 Å². The maximum atomic E-state index is 9.76. The topological polar surface area (TPSA) is 39.5 Å². The zero-order valence-corrected chi connectivity index (χ0v) is 15.9. The van der Waals surface area contributed by atoms with Crippen LogP contribution in [0.25, 0.3) is 0 Å². The first kappa shape index (κ1) is 18.4. The van der Waals surface area contributed by atoms with Crippen LogP contribution in [0.15, 0.2) is 48.5 Å². The van der Waals surface area contributed by atoms with E-state index in [1.165, 1.54) is 5.56 Å². The van der Waals surface area contributed by atoms with Gasteiger partial charge in [-0.15, -0.1) is 0 Å². The minimum atomic E-state index is -0.228. The number of nitrogens with zero attached hydrogens (tertiary/aromatic N) is 3. The van der Waals surface area contributed by atoms with Gasteiger partial charge in [-0.2, -0.15) is 5.26 Å². The Morgan fingerprint density at radius 3 is 2.65 bits per heavy atom. The highest BCUT2D eigenvalue weighted by atomic mass is 16.5. The quantitative estimate of drug-likeness (QED) is 0.824. The summed E-state index contributed by atoms with van der Waals surface area (Å²) in [6.07, 6.45) is 0. The zero-order chi connectivity index (χ0) is 18.5. The number of hydrogen-bond acceptors (Lipinski definition) is 4. The Balaban J connectivity index is 1.69. The third-order valence-corrected chi connectivity index (χ3v) is 5.18. The zero-order valence-electron chi connectivity index (χ0n) is 15.9. The van der Waals surface area contributed by atoms with E-state index in [0.29, 0.717) is 12.6 Å². The highest BCUT2D eigenvalue weighted by molar-refractivity contribution is 5.33. The number of hydrogen-bond donors (Lipinski definition) is 0. The van der Waals surface area contributed by atoms with E-state index in [-0.39, 0.29) is 6.04 Å². The highest BCUT2D eigenvalue weighted by Gasteiger charge is 2.27. The van der Waals surface area contributed by atoms with Gasteiger partial charge in [-0.05, 0) is 44.2 Å². The number of aryl methyl sites for hydroxylation is 1. The van der Waals surface area contributed by atoms with E-state index in [4.69, 9.17) is 4.74 Å². The minimum Gasteiger partial charge on any atom is -0.489 e. The molecule has 4 nitrogen and oxygen atoms in total. The number of ether oxygens (including phenoxy) is 1. The minimum absolute atomic E-state index is 0.228. The van der Waals surface area contributed by atoms with Crippen molar-refractivity contribution in [1.29, 1.82) is 5.26 Å². The second-order valence-corrected chi connectivity index (χ2v) is 7.20. The van der Waals surface area contributed by atoms with Gasteiger partial charge in [0.1, 0.15) is 18.4 Å². The molecule has 4 heteroatoms. The average molecular weight is 349 g/mol. The molecule has 0 aromatic heterocycles. The molecule has 1 aliphatic rings. The second kappa shape index (κ2) is 8.35. The van der Waals surface area contributed by atoms with Crippen molar-refractivity contribution < 1.29 is 4.74 Å². The molecule has 3 rings (SSSR count). The molecule has 0 saturated carbocycles. The maximum absolute atomic E-state index is 9.76. The van der Waals surface area contributed by atoms with E-state index in [0.717, 1.165) is 36.5 Å². The molecular weight excluding hydrogens is 322 g/mol. The Hall–Kier alpha value is -2.35. The van der Waals surface area contributed by atoms with E-state index in [1.807, 2.05) is 24.3 Å². The summed E-state index contributed by atoms with van der Waals surface area (Å²) >= 11 is 0. The lowest BCUT2D eigenvalue weighted by molar-refractivity contribution is 0.0880. The van der Waals surface area contributed by atoms with Gasteiger partial charge < -0.3 is 9.64 Å². The second-order valence-electron chi connectivity index (χ2n) is 7.20. The molecule has 1 fully saturated rings. The van der Waals surface area contributed by atoms with Gasteiger partial charge >= 0.3 is 0 Å². The molecule has 0 spiro atoms. The Morgan fingerprint density at radius 2 is 1.96 bits per heavy atom. The van der Waals surface area contributed by atoms with Crippen molar-refractivity contribution >= 4 is 0 Å². The van der Waals surface area contributed by atoms with Crippen molar-refractivity contribution in [1.82, 2.24) is 9.80 Å². The summed E-state index contributed by atoms with van der Waals surface area (Å²) in [4.78, 5) is 4.61. The summed E-state index contributed by atoms with van der Waals surface area (Å²) < 4.78 is 5.96. The molecule has 2 aromatic carbocycles. The average Bonchev–Trinajstić information content (AvgIpc) is 2.65. The molecule has 0 bridgehead atoms. The molecule has 136 valence electrons. The van der Waals surface area contributed by atoms with Crippen LogP contribution in [0.2, 0.25) is 0 Å². The first-order valence-corrected chi connectivity index (χ1v) is 9.19. The lowest BCUT2D eigenvalue weighted by atomic mass is 10.0. The van der Waals surface area contributed by atoms with Crippen LogP contribution in [-0.4, -0.2) is 42.5 Å². The van der Waals surface area contributed by atoms with Crippen LogP contribution < -0.4 is 4.74 Å². The molecule has 1 aliphatic heterocycles. The van der Waals surface area contributed by atoms with E-state index >= 15 is 0 Å². The summed E-state index contributed by atoms with van der Waals surface area (Å²) in [5, 5.41) is 9.76. The predicted octanol–water partition coefficient (Wildman–Crippen LogP) is 3.77. The number of likely N-dealkylation sites (N-methyl/N-ethyl adjacent to an activating group) is 1. The van der Waals surface area contributed by atoms with Crippen LogP contribution in [0.4, 0.5) is 0 Å². The molecule has 0 N–H and O–H groups in total. The van der Waals surface area contributed by atoms with Gasteiger partial charge in [-0.1, -0.05) is 42.0 Å². The molecular formula is C22H27N3O. The van der Waals surface area contributed by atoms with Crippen LogP contribution >= 0.6 is 0 Å². The fourth-order valence-corrected chi connectivity index (χ4v) is 3.30. The smallest absolute Gasteiger partial charge is 0.124 e. The van der Waals surface area contributed by atoms with Crippen LogP contribution in [0.3, 0.4) is 0 Å². The van der Waals surface area contributed by atoms with Gasteiger partial charge in [0.25, 0.3) is 0 Å². The van der Waals surface area contributed by atoms with Crippen LogP contribution in [0.5, 0.6) is 5.75 Å². The summed E-state index contributed by atoms with van der Waals surface area (Å²) in [6, 6.07) is 19.0. The molecule has 1 heterocycles. The Labute approximate surface area is 156 Å². The van der Waals surface area contributed by atoms with Crippen molar-refractivity contribution in [2.75, 3.05) is 26.7 Å². The van der Waals surface area contributed by atoms with Gasteiger partial charge in [0.05, 0.1) is 6.07 Å². The largest absolute Gasteiger partial charge is 0.489 e. The van der Waals surface area contributed by atoms with Crippen LogP contribution in [-0.2, 0) is 6.61 Å². The van der Waals surface area contributed by atoms with Crippen molar-refractivity contribution in [3.63, 3.8) is 0 Å². The molecule has 2 atom stereocenters. The van der Waals surface area contributed by atoms with Crippen molar-refractivity contribution in [2.24, 2.45) is 0 Å². The molecule has 0 radical (unpaired) electrons. The third-order valence-electron chi connectivity index (χ3n) is 5.18. The van der Waals surface area contributed by atoms with Gasteiger partial charge in [0.15, 0.2) is 0 Å². The van der Waals surface area contributed by atoms with Crippen molar-refractivity contribution in [3.8, 4) is 11.8 Å². The highest BCUT2D eigenvalue weighted by Crippen LogP contribution is 2.26. The SMILES string of the molecule is Cc1ccc(COc2cccc(C(C#N)N3CCN(C)C(C)C3)c2)cc1. The Bertz CT molecular complexity index is 766. The fourth-order valence-electron chi connectivity index (χ4n) is 3.30. The normalized spacial score (nSPS) is 19.7. The van der Waals surface area contributed by atoms with Crippen LogP contribution in [0, 0.1) is 18.3 Å². The third kappa shape index (κ3) is 4.43. The number of rotatable bonds is 5. The van der Waals surface area contributed by atoms with Gasteiger partial charge in [-0.3, -0.25) is 4.90 Å². The van der Waals surface area contributed by atoms with Gasteiger partial charge in [0.2, 0.25) is 0 Å². The lowest BCUT2D eigenvalue weighted by Crippen LogP contribution is -2.50. The van der Waals surface area contributed by atoms with E-state index in [1.54, 1.807) is 0 Å². The number of piperazine rings is 1. The summed E-state index contributed by atoms with van der Waals surface area (Å²) in [7, 11) is 2.14. The Morgan fingerprint density at radius 1 is 1.19 bits per heavy atom. The molecule has 2 unspecified atom stereocenters. The van der Waals surface area contributed by atoms with Crippen LogP contribution in [0.1, 0.15) is 29.7 Å². The van der Waals surface area contributed by atoms with E-state index in [9.17, 15) is 5.26 Å². The van der Waals surface area contributed by atoms with Gasteiger partial charge in [0, 0.05) is 25.7 Å². The standard InChI is InChI=1S/C22H27N3O/c1-17-7-9-19(10-8-17)16-26-21-6-4-5-20(13-21)22(14-23)25-12-11-24(3)18(2)15-25/h4-10,13,18,22H,11-12,15-16H2,1-3H3. The predicted molar refractivity (Wildman–Crippen MR) is 104 cm³/mol. The monoisotopic (exact) mass is 349 g/mol. The lowest BCUT2D eigenvalue weighted by Gasteiger charge is -2.39. The molecule has 1 saturated heterocycles. The van der Waals surface area contributed by atoms with Gasteiger partial charge in [-0.25, -0.2) is 0 Å². The molecule has 0 aliphatic carbocycles. The first-order valence-electron chi connectivity index (χ1n) is 9.19. The number of nitriles is 1. The molecule has 2 aromatic rings. The summed E-state index contributed by atoms with van der Waals surface area (Å²) in [5.74, 6) is 0.811. The van der Waals surface area contributed by atoms with Crippen molar-refractivity contribution in [3.05, 3.63) is 65.2 Å². The maximum Gasteiger partial charge on any atom is 0.124 e. The summed E-state index contributed by atoms with van der Waals surface area (Å²) in [5.41, 5.74) is 3.39. The first-order chi connectivity index (χ1) is 12.6. The Kier molecular flexibility index (Phi) is 5.92. The van der Waals surface area contributed by atoms with Crippen molar-refractivity contribution in [2.45, 2.75) is 32.5 Å². The van der Waals surface area contributed by atoms with E-state index in [2.05, 4.69) is 61.0 Å². The summed E-state index contributed by atoms with van der Waals surface area (Å²) in [6.45, 7) is 7.63.